The third kappa shape index (κ3) is 2.84. The molecule has 1 N–H and O–H groups in total. The molecule has 3 atom stereocenters. The van der Waals surface area contributed by atoms with Crippen molar-refractivity contribution in [3.05, 3.63) is 23.0 Å². The van der Waals surface area contributed by atoms with E-state index in [2.05, 4.69) is 4.98 Å². The van der Waals surface area contributed by atoms with Gasteiger partial charge in [0.05, 0.1) is 19.5 Å². The Morgan fingerprint density at radius 3 is 2.62 bits per heavy atom. The van der Waals surface area contributed by atoms with E-state index in [9.17, 15) is 22.7 Å². The monoisotopic (exact) mass is 307 g/mol. The summed E-state index contributed by atoms with van der Waals surface area (Å²) in [7, 11) is 0. The van der Waals surface area contributed by atoms with Crippen molar-refractivity contribution in [3.8, 4) is 5.75 Å². The number of halogens is 4. The summed E-state index contributed by atoms with van der Waals surface area (Å²) in [5, 5.41) is 9.90. The standard InChI is InChI=1S/C14H17F4NO2/c1-7-9-8(21-5-3-4-15)6-19-13(14(2,17)18)10(9)12(20)11(7)16/h6-7,11-12,20H,3-5H2,1-2H3. The van der Waals surface area contributed by atoms with Gasteiger partial charge in [-0.2, -0.15) is 8.78 Å². The molecule has 0 amide bonds. The van der Waals surface area contributed by atoms with Crippen molar-refractivity contribution < 1.29 is 27.4 Å². The number of aliphatic hydroxyl groups is 1. The number of hydrogen-bond acceptors (Lipinski definition) is 3. The molecule has 0 spiro atoms. The van der Waals surface area contributed by atoms with Crippen molar-refractivity contribution in [1.82, 2.24) is 4.98 Å². The maximum atomic E-state index is 14.0. The molecule has 3 unspecified atom stereocenters. The maximum Gasteiger partial charge on any atom is 0.287 e. The second kappa shape index (κ2) is 5.79. The molecule has 1 aliphatic carbocycles. The molecule has 0 aromatic carbocycles. The first-order chi connectivity index (χ1) is 9.79. The summed E-state index contributed by atoms with van der Waals surface area (Å²) in [6.45, 7) is 1.58. The van der Waals surface area contributed by atoms with Crippen LogP contribution in [0.2, 0.25) is 0 Å². The highest BCUT2D eigenvalue weighted by Gasteiger charge is 2.45. The van der Waals surface area contributed by atoms with Gasteiger partial charge in [-0.25, -0.2) is 4.39 Å². The quantitative estimate of drug-likeness (QED) is 0.669. The fourth-order valence-corrected chi connectivity index (χ4v) is 2.59. The van der Waals surface area contributed by atoms with Crippen LogP contribution in [0.4, 0.5) is 17.6 Å². The van der Waals surface area contributed by atoms with Crippen LogP contribution >= 0.6 is 0 Å². The summed E-state index contributed by atoms with van der Waals surface area (Å²) in [5.41, 5.74) is -0.657. The molecule has 1 aromatic rings. The van der Waals surface area contributed by atoms with E-state index in [1.165, 1.54) is 6.92 Å². The Kier molecular flexibility index (Phi) is 4.41. The molecule has 1 aromatic heterocycles. The topological polar surface area (TPSA) is 42.4 Å². The predicted molar refractivity (Wildman–Crippen MR) is 68.2 cm³/mol. The number of aliphatic hydroxyl groups excluding tert-OH is 1. The van der Waals surface area contributed by atoms with Gasteiger partial charge in [-0.15, -0.1) is 0 Å². The van der Waals surface area contributed by atoms with E-state index in [0.717, 1.165) is 6.20 Å². The molecule has 2 rings (SSSR count). The smallest absolute Gasteiger partial charge is 0.287 e. The van der Waals surface area contributed by atoms with E-state index in [1.807, 2.05) is 0 Å². The van der Waals surface area contributed by atoms with E-state index < -0.39 is 36.5 Å². The van der Waals surface area contributed by atoms with Gasteiger partial charge < -0.3 is 9.84 Å². The lowest BCUT2D eigenvalue weighted by Crippen LogP contribution is -2.17. The van der Waals surface area contributed by atoms with E-state index in [4.69, 9.17) is 4.74 Å². The largest absolute Gasteiger partial charge is 0.492 e. The Hall–Kier alpha value is -1.37. The summed E-state index contributed by atoms with van der Waals surface area (Å²) < 4.78 is 58.6. The van der Waals surface area contributed by atoms with Gasteiger partial charge in [0.2, 0.25) is 0 Å². The van der Waals surface area contributed by atoms with Crippen molar-refractivity contribution in [2.75, 3.05) is 13.3 Å². The molecule has 0 aliphatic heterocycles. The average molecular weight is 307 g/mol. The lowest BCUT2D eigenvalue weighted by atomic mass is 10.0. The van der Waals surface area contributed by atoms with E-state index in [0.29, 0.717) is 6.92 Å². The molecule has 1 aliphatic rings. The first-order valence-corrected chi connectivity index (χ1v) is 6.71. The Morgan fingerprint density at radius 2 is 2.05 bits per heavy atom. The Morgan fingerprint density at radius 1 is 1.38 bits per heavy atom. The second-order valence-electron chi connectivity index (χ2n) is 5.26. The zero-order chi connectivity index (χ0) is 15.8. The van der Waals surface area contributed by atoms with Gasteiger partial charge in [0.15, 0.2) is 0 Å². The fourth-order valence-electron chi connectivity index (χ4n) is 2.59. The van der Waals surface area contributed by atoms with Crippen LogP contribution in [0, 0.1) is 0 Å². The summed E-state index contributed by atoms with van der Waals surface area (Å²) in [6.07, 6.45) is -2.14. The molecular formula is C14H17F4NO2. The summed E-state index contributed by atoms with van der Waals surface area (Å²) >= 11 is 0. The Bertz CT molecular complexity index is 518. The van der Waals surface area contributed by atoms with Crippen LogP contribution in [0.1, 0.15) is 49.1 Å². The number of hydrogen-bond donors (Lipinski definition) is 1. The van der Waals surface area contributed by atoms with Crippen LogP contribution in [0.25, 0.3) is 0 Å². The van der Waals surface area contributed by atoms with Crippen LogP contribution in [0.15, 0.2) is 6.20 Å². The van der Waals surface area contributed by atoms with Crippen LogP contribution in [-0.2, 0) is 5.92 Å². The Balaban J connectivity index is 2.49. The number of nitrogens with zero attached hydrogens (tertiary/aromatic N) is 1. The summed E-state index contributed by atoms with van der Waals surface area (Å²) in [4.78, 5) is 3.62. The number of pyridine rings is 1. The van der Waals surface area contributed by atoms with Gasteiger partial charge >= 0.3 is 0 Å². The molecular weight excluding hydrogens is 290 g/mol. The number of ether oxygens (including phenoxy) is 1. The lowest BCUT2D eigenvalue weighted by molar-refractivity contribution is 0.00666. The third-order valence-electron chi connectivity index (χ3n) is 3.60. The number of rotatable bonds is 5. The molecule has 21 heavy (non-hydrogen) atoms. The number of alkyl halides is 4. The minimum absolute atomic E-state index is 0.0340. The minimum Gasteiger partial charge on any atom is -0.492 e. The minimum atomic E-state index is -3.30. The first kappa shape index (κ1) is 16.0. The molecule has 118 valence electrons. The fraction of sp³-hybridized carbons (Fsp3) is 0.643. The summed E-state index contributed by atoms with van der Waals surface area (Å²) in [6, 6.07) is 0. The normalized spacial score (nSPS) is 25.0. The van der Waals surface area contributed by atoms with E-state index >= 15 is 0 Å². The summed E-state index contributed by atoms with van der Waals surface area (Å²) in [5.74, 6) is -3.97. The Labute approximate surface area is 119 Å². The van der Waals surface area contributed by atoms with Crippen molar-refractivity contribution in [2.24, 2.45) is 0 Å². The van der Waals surface area contributed by atoms with Crippen LogP contribution in [-0.4, -0.2) is 29.5 Å². The van der Waals surface area contributed by atoms with Gasteiger partial charge in [-0.05, 0) is 0 Å². The molecule has 0 bridgehead atoms. The zero-order valence-electron chi connectivity index (χ0n) is 11.7. The SMILES string of the molecule is CC1c2c(OCCCF)cnc(C(C)(F)F)c2C(O)C1F. The lowest BCUT2D eigenvalue weighted by Gasteiger charge is -2.18. The van der Waals surface area contributed by atoms with Crippen LogP contribution in [0.5, 0.6) is 5.75 Å². The van der Waals surface area contributed by atoms with Crippen LogP contribution in [0.3, 0.4) is 0 Å². The molecule has 0 saturated heterocycles. The molecule has 0 saturated carbocycles. The van der Waals surface area contributed by atoms with Gasteiger partial charge in [0.1, 0.15) is 23.7 Å². The number of fused-ring (bicyclic) bond motifs is 1. The number of aromatic nitrogens is 1. The van der Waals surface area contributed by atoms with Gasteiger partial charge in [0.25, 0.3) is 5.92 Å². The molecule has 0 fully saturated rings. The first-order valence-electron chi connectivity index (χ1n) is 6.71. The highest BCUT2D eigenvalue weighted by molar-refractivity contribution is 5.50. The molecule has 3 nitrogen and oxygen atoms in total. The highest BCUT2D eigenvalue weighted by atomic mass is 19.3. The molecule has 0 radical (unpaired) electrons. The van der Waals surface area contributed by atoms with E-state index in [-0.39, 0.29) is 29.9 Å². The van der Waals surface area contributed by atoms with E-state index in [1.54, 1.807) is 0 Å². The van der Waals surface area contributed by atoms with Crippen molar-refractivity contribution in [3.63, 3.8) is 0 Å². The third-order valence-corrected chi connectivity index (χ3v) is 3.60. The highest BCUT2D eigenvalue weighted by Crippen LogP contribution is 2.49. The van der Waals surface area contributed by atoms with Crippen molar-refractivity contribution >= 4 is 0 Å². The van der Waals surface area contributed by atoms with Crippen molar-refractivity contribution in [1.29, 1.82) is 0 Å². The second-order valence-corrected chi connectivity index (χ2v) is 5.26. The molecule has 1 heterocycles. The van der Waals surface area contributed by atoms with Gasteiger partial charge in [0, 0.05) is 30.4 Å². The maximum absolute atomic E-state index is 14.0. The predicted octanol–water partition coefficient (Wildman–Crippen LogP) is 3.42. The molecule has 7 heteroatoms. The average Bonchev–Trinajstić information content (AvgIpc) is 2.64. The zero-order valence-corrected chi connectivity index (χ0v) is 11.7. The van der Waals surface area contributed by atoms with Crippen molar-refractivity contribution in [2.45, 2.75) is 44.4 Å². The van der Waals surface area contributed by atoms with Crippen LogP contribution < -0.4 is 4.74 Å². The van der Waals surface area contributed by atoms with Gasteiger partial charge in [-0.1, -0.05) is 6.92 Å². The van der Waals surface area contributed by atoms with Gasteiger partial charge in [-0.3, -0.25) is 9.37 Å².